The van der Waals surface area contributed by atoms with Gasteiger partial charge in [-0.1, -0.05) is 12.1 Å². The highest BCUT2D eigenvalue weighted by Crippen LogP contribution is 2.11. The number of amides is 1. The third-order valence-electron chi connectivity index (χ3n) is 2.04. The molecule has 1 amide bonds. The summed E-state index contributed by atoms with van der Waals surface area (Å²) in [7, 11) is 0. The minimum absolute atomic E-state index is 0.128. The van der Waals surface area contributed by atoms with Crippen molar-refractivity contribution in [1.82, 2.24) is 5.32 Å². The number of rotatable bonds is 3. The van der Waals surface area contributed by atoms with E-state index in [1.165, 1.54) is 0 Å². The number of carbonyl (C=O) groups excluding carboxylic acids is 1. The average molecular weight is 264 g/mol. The Balaban J connectivity index is 2.53. The number of hydrogen-bond acceptors (Lipinski definition) is 3. The van der Waals surface area contributed by atoms with Gasteiger partial charge >= 0.3 is 6.09 Å². The third kappa shape index (κ3) is 6.30. The van der Waals surface area contributed by atoms with Crippen molar-refractivity contribution in [3.05, 3.63) is 29.8 Å². The van der Waals surface area contributed by atoms with Gasteiger partial charge in [0.2, 0.25) is 0 Å². The summed E-state index contributed by atoms with van der Waals surface area (Å²) in [5.74, 6) is -0.128. The van der Waals surface area contributed by atoms with Crippen LogP contribution in [-0.2, 0) is 11.3 Å². The Bertz CT molecular complexity index is 466. The van der Waals surface area contributed by atoms with Crippen LogP contribution in [0, 0.1) is 5.41 Å². The van der Waals surface area contributed by atoms with Gasteiger partial charge in [0.15, 0.2) is 5.96 Å². The Morgan fingerprint density at radius 3 is 2.68 bits per heavy atom. The maximum atomic E-state index is 11.5. The fourth-order valence-electron chi connectivity index (χ4n) is 1.40. The van der Waals surface area contributed by atoms with Gasteiger partial charge in [-0.25, -0.2) is 4.79 Å². The smallest absolute Gasteiger partial charge is 0.407 e. The summed E-state index contributed by atoms with van der Waals surface area (Å²) in [4.78, 5) is 11.5. The Morgan fingerprint density at radius 2 is 2.11 bits per heavy atom. The topological polar surface area (TPSA) is 100 Å². The average Bonchev–Trinajstić information content (AvgIpc) is 2.23. The molecule has 6 heteroatoms. The van der Waals surface area contributed by atoms with E-state index in [1.54, 1.807) is 12.1 Å². The molecule has 1 aromatic rings. The van der Waals surface area contributed by atoms with Crippen molar-refractivity contribution in [2.75, 3.05) is 5.32 Å². The predicted molar refractivity (Wildman–Crippen MR) is 75.1 cm³/mol. The van der Waals surface area contributed by atoms with Crippen LogP contribution in [0.15, 0.2) is 24.3 Å². The van der Waals surface area contributed by atoms with Crippen LogP contribution in [0.4, 0.5) is 10.5 Å². The van der Waals surface area contributed by atoms with Gasteiger partial charge in [0, 0.05) is 12.2 Å². The molecule has 0 bridgehead atoms. The van der Waals surface area contributed by atoms with E-state index >= 15 is 0 Å². The number of anilines is 1. The number of benzene rings is 1. The predicted octanol–water partition coefficient (Wildman–Crippen LogP) is 2.02. The van der Waals surface area contributed by atoms with Crippen molar-refractivity contribution in [3.8, 4) is 0 Å². The van der Waals surface area contributed by atoms with E-state index in [0.29, 0.717) is 12.2 Å². The van der Waals surface area contributed by atoms with Gasteiger partial charge in [0.05, 0.1) is 0 Å². The Hall–Kier alpha value is -2.24. The molecular formula is C13H20N4O2. The van der Waals surface area contributed by atoms with Crippen molar-refractivity contribution >= 4 is 17.7 Å². The molecular weight excluding hydrogens is 244 g/mol. The van der Waals surface area contributed by atoms with Crippen molar-refractivity contribution in [2.24, 2.45) is 5.73 Å². The van der Waals surface area contributed by atoms with Gasteiger partial charge in [-0.3, -0.25) is 5.41 Å². The maximum Gasteiger partial charge on any atom is 0.407 e. The molecule has 5 N–H and O–H groups in total. The first-order chi connectivity index (χ1) is 8.76. The maximum absolute atomic E-state index is 11.5. The minimum Gasteiger partial charge on any atom is -0.444 e. The lowest BCUT2D eigenvalue weighted by Gasteiger charge is -2.19. The summed E-state index contributed by atoms with van der Waals surface area (Å²) >= 11 is 0. The molecule has 0 saturated carbocycles. The van der Waals surface area contributed by atoms with Gasteiger partial charge in [0.25, 0.3) is 0 Å². The lowest BCUT2D eigenvalue weighted by molar-refractivity contribution is 0.0523. The van der Waals surface area contributed by atoms with Crippen LogP contribution in [-0.4, -0.2) is 17.7 Å². The number of hydrogen-bond donors (Lipinski definition) is 4. The molecule has 0 spiro atoms. The number of guanidine groups is 1. The molecule has 0 atom stereocenters. The van der Waals surface area contributed by atoms with E-state index in [2.05, 4.69) is 10.6 Å². The van der Waals surface area contributed by atoms with Crippen molar-refractivity contribution in [2.45, 2.75) is 32.9 Å². The van der Waals surface area contributed by atoms with Crippen molar-refractivity contribution < 1.29 is 9.53 Å². The molecule has 104 valence electrons. The van der Waals surface area contributed by atoms with Crippen LogP contribution in [0.25, 0.3) is 0 Å². The molecule has 0 aliphatic heterocycles. The Morgan fingerprint density at radius 1 is 1.42 bits per heavy atom. The summed E-state index contributed by atoms with van der Waals surface area (Å²) in [6.45, 7) is 5.78. The van der Waals surface area contributed by atoms with Crippen LogP contribution >= 0.6 is 0 Å². The zero-order valence-corrected chi connectivity index (χ0v) is 11.4. The second kappa shape index (κ2) is 6.08. The molecule has 0 aliphatic rings. The molecule has 0 heterocycles. The van der Waals surface area contributed by atoms with Gasteiger partial charge in [-0.05, 0) is 38.5 Å². The summed E-state index contributed by atoms with van der Waals surface area (Å²) < 4.78 is 5.13. The van der Waals surface area contributed by atoms with Gasteiger partial charge in [-0.2, -0.15) is 0 Å². The molecule has 1 rings (SSSR count). The second-order valence-electron chi connectivity index (χ2n) is 5.09. The van der Waals surface area contributed by atoms with Gasteiger partial charge < -0.3 is 21.1 Å². The van der Waals surface area contributed by atoms with Crippen LogP contribution in [0.2, 0.25) is 0 Å². The van der Waals surface area contributed by atoms with E-state index in [9.17, 15) is 4.79 Å². The quantitative estimate of drug-likeness (QED) is 0.495. The van der Waals surface area contributed by atoms with E-state index in [0.717, 1.165) is 5.56 Å². The summed E-state index contributed by atoms with van der Waals surface area (Å²) in [6, 6.07) is 7.28. The lowest BCUT2D eigenvalue weighted by atomic mass is 10.2. The van der Waals surface area contributed by atoms with Crippen LogP contribution in [0.5, 0.6) is 0 Å². The van der Waals surface area contributed by atoms with Crippen LogP contribution < -0.4 is 16.4 Å². The van der Waals surface area contributed by atoms with Crippen molar-refractivity contribution in [3.63, 3.8) is 0 Å². The van der Waals surface area contributed by atoms with Gasteiger partial charge in [-0.15, -0.1) is 0 Å². The molecule has 0 aromatic heterocycles. The summed E-state index contributed by atoms with van der Waals surface area (Å²) in [6.07, 6.45) is -0.461. The van der Waals surface area contributed by atoms with E-state index in [4.69, 9.17) is 15.9 Å². The largest absolute Gasteiger partial charge is 0.444 e. The standard InChI is InChI=1S/C13H20N4O2/c1-13(2,3)19-12(18)16-8-9-5-4-6-10(7-9)17-11(14)15/h4-7H,8H2,1-3H3,(H,16,18)(H4,14,15,17). The van der Waals surface area contributed by atoms with Crippen molar-refractivity contribution in [1.29, 1.82) is 5.41 Å². The fraction of sp³-hybridized carbons (Fsp3) is 0.385. The highest BCUT2D eigenvalue weighted by molar-refractivity contribution is 5.89. The first kappa shape index (κ1) is 14.8. The Kier molecular flexibility index (Phi) is 4.74. The first-order valence-corrected chi connectivity index (χ1v) is 5.93. The summed E-state index contributed by atoms with van der Waals surface area (Å²) in [5, 5.41) is 12.5. The molecule has 0 saturated heterocycles. The first-order valence-electron chi connectivity index (χ1n) is 5.93. The number of nitrogens with two attached hydrogens (primary N) is 1. The van der Waals surface area contributed by atoms with E-state index in [-0.39, 0.29) is 5.96 Å². The highest BCUT2D eigenvalue weighted by Gasteiger charge is 2.15. The second-order valence-corrected chi connectivity index (χ2v) is 5.09. The Labute approximate surface area is 112 Å². The number of ether oxygens (including phenoxy) is 1. The molecule has 19 heavy (non-hydrogen) atoms. The minimum atomic E-state index is -0.512. The number of nitrogens with one attached hydrogen (secondary N) is 3. The summed E-state index contributed by atoms with van der Waals surface area (Å²) in [5.41, 5.74) is 6.33. The molecule has 1 aromatic carbocycles. The third-order valence-corrected chi connectivity index (χ3v) is 2.04. The monoisotopic (exact) mass is 264 g/mol. The zero-order chi connectivity index (χ0) is 14.5. The molecule has 0 unspecified atom stereocenters. The van der Waals surface area contributed by atoms with Crippen LogP contribution in [0.1, 0.15) is 26.3 Å². The molecule has 6 nitrogen and oxygen atoms in total. The lowest BCUT2D eigenvalue weighted by Crippen LogP contribution is -2.32. The highest BCUT2D eigenvalue weighted by atomic mass is 16.6. The molecule has 0 radical (unpaired) electrons. The van der Waals surface area contributed by atoms with Gasteiger partial charge in [0.1, 0.15) is 5.60 Å². The SMILES string of the molecule is CC(C)(C)OC(=O)NCc1cccc(NC(=N)N)c1. The zero-order valence-electron chi connectivity index (χ0n) is 11.4. The number of carbonyl (C=O) groups is 1. The van der Waals surface area contributed by atoms with Crippen LogP contribution in [0.3, 0.4) is 0 Å². The normalized spacial score (nSPS) is 10.7. The molecule has 0 aliphatic carbocycles. The van der Waals surface area contributed by atoms with E-state index < -0.39 is 11.7 Å². The number of alkyl carbamates (subject to hydrolysis) is 1. The fourth-order valence-corrected chi connectivity index (χ4v) is 1.40. The van der Waals surface area contributed by atoms with E-state index in [1.807, 2.05) is 32.9 Å². The molecule has 0 fully saturated rings.